The maximum absolute atomic E-state index is 6.14. The third kappa shape index (κ3) is 4.77. The van der Waals surface area contributed by atoms with Crippen LogP contribution >= 0.6 is 0 Å². The summed E-state index contributed by atoms with van der Waals surface area (Å²) in [5.74, 6) is 0. The van der Waals surface area contributed by atoms with Crippen molar-refractivity contribution in [3.8, 4) is 0 Å². The van der Waals surface area contributed by atoms with Crippen molar-refractivity contribution in [1.82, 2.24) is 4.90 Å². The van der Waals surface area contributed by atoms with Crippen molar-refractivity contribution in [1.29, 1.82) is 0 Å². The van der Waals surface area contributed by atoms with Gasteiger partial charge in [-0.2, -0.15) is 0 Å². The monoisotopic (exact) mass is 220 g/mol. The Hall–Kier alpha value is -0.860. The Labute approximate surface area is 99.5 Å². The predicted molar refractivity (Wildman–Crippen MR) is 70.5 cm³/mol. The van der Waals surface area contributed by atoms with Gasteiger partial charge in [0, 0.05) is 6.04 Å². The Bertz CT molecular complexity index is 267. The average molecular weight is 220 g/mol. The highest BCUT2D eigenvalue weighted by atomic mass is 15.1. The van der Waals surface area contributed by atoms with Gasteiger partial charge in [-0.25, -0.2) is 0 Å². The summed E-state index contributed by atoms with van der Waals surface area (Å²) in [4.78, 5) is 2.42. The van der Waals surface area contributed by atoms with Crippen LogP contribution in [0.2, 0.25) is 0 Å². The van der Waals surface area contributed by atoms with Crippen LogP contribution in [0.4, 0.5) is 0 Å². The van der Waals surface area contributed by atoms with Crippen LogP contribution in [-0.2, 0) is 6.42 Å². The van der Waals surface area contributed by atoms with Gasteiger partial charge < -0.3 is 10.6 Å². The average Bonchev–Trinajstić information content (AvgIpc) is 2.31. The van der Waals surface area contributed by atoms with E-state index in [2.05, 4.69) is 43.0 Å². The van der Waals surface area contributed by atoms with Crippen LogP contribution in [0, 0.1) is 0 Å². The molecule has 0 amide bonds. The van der Waals surface area contributed by atoms with Gasteiger partial charge in [-0.15, -0.1) is 0 Å². The summed E-state index contributed by atoms with van der Waals surface area (Å²) in [5.41, 5.74) is 7.48. The smallest absolute Gasteiger partial charge is 0.00914 e. The maximum atomic E-state index is 6.14. The molecule has 0 aliphatic heterocycles. The van der Waals surface area contributed by atoms with Gasteiger partial charge in [0.2, 0.25) is 0 Å². The molecular weight excluding hydrogens is 196 g/mol. The Morgan fingerprint density at radius 1 is 1.12 bits per heavy atom. The van der Waals surface area contributed by atoms with E-state index in [1.807, 2.05) is 6.07 Å². The molecular formula is C14H24N2. The van der Waals surface area contributed by atoms with E-state index >= 15 is 0 Å². The zero-order valence-corrected chi connectivity index (χ0v) is 10.5. The molecule has 16 heavy (non-hydrogen) atoms. The molecule has 0 saturated carbocycles. The fourth-order valence-corrected chi connectivity index (χ4v) is 1.91. The van der Waals surface area contributed by atoms with Crippen molar-refractivity contribution in [3.63, 3.8) is 0 Å². The maximum Gasteiger partial charge on any atom is 0.00914 e. The fourth-order valence-electron chi connectivity index (χ4n) is 1.91. The van der Waals surface area contributed by atoms with Crippen LogP contribution in [0.3, 0.4) is 0 Å². The molecule has 2 N–H and O–H groups in total. The van der Waals surface area contributed by atoms with E-state index in [9.17, 15) is 0 Å². The molecule has 0 aliphatic carbocycles. The molecule has 1 aromatic rings. The second-order valence-electron chi connectivity index (χ2n) is 4.27. The Morgan fingerprint density at radius 2 is 1.75 bits per heavy atom. The van der Waals surface area contributed by atoms with E-state index in [-0.39, 0.29) is 6.04 Å². The van der Waals surface area contributed by atoms with E-state index in [0.717, 1.165) is 32.5 Å². The zero-order chi connectivity index (χ0) is 11.8. The van der Waals surface area contributed by atoms with Gasteiger partial charge in [-0.05, 0) is 38.0 Å². The van der Waals surface area contributed by atoms with Gasteiger partial charge in [0.15, 0.2) is 0 Å². The molecule has 1 rings (SSSR count). The van der Waals surface area contributed by atoms with E-state index in [1.54, 1.807) is 0 Å². The van der Waals surface area contributed by atoms with E-state index in [0.29, 0.717) is 0 Å². The lowest BCUT2D eigenvalue weighted by atomic mass is 10.0. The lowest BCUT2D eigenvalue weighted by Gasteiger charge is -2.20. The standard InChI is InChI=1S/C14H24N2/c1-3-16(4-2)11-10-14(15)12-13-8-6-5-7-9-13/h5-9,14H,3-4,10-12,15H2,1-2H3. The molecule has 2 heteroatoms. The van der Waals surface area contributed by atoms with E-state index < -0.39 is 0 Å². The summed E-state index contributed by atoms with van der Waals surface area (Å²) < 4.78 is 0. The molecule has 0 aliphatic rings. The molecule has 0 fully saturated rings. The molecule has 0 saturated heterocycles. The van der Waals surface area contributed by atoms with Crippen LogP contribution in [0.25, 0.3) is 0 Å². The van der Waals surface area contributed by atoms with Crippen LogP contribution < -0.4 is 5.73 Å². The zero-order valence-electron chi connectivity index (χ0n) is 10.5. The second kappa shape index (κ2) is 7.42. The minimum atomic E-state index is 0.281. The summed E-state index contributed by atoms with van der Waals surface area (Å²) in [6.45, 7) is 7.75. The minimum Gasteiger partial charge on any atom is -0.327 e. The number of nitrogens with two attached hydrogens (primary N) is 1. The first-order valence-corrected chi connectivity index (χ1v) is 6.28. The summed E-state index contributed by atoms with van der Waals surface area (Å²) in [6.07, 6.45) is 2.07. The third-order valence-electron chi connectivity index (χ3n) is 3.05. The van der Waals surface area contributed by atoms with Crippen molar-refractivity contribution in [2.24, 2.45) is 5.73 Å². The Balaban J connectivity index is 2.28. The second-order valence-corrected chi connectivity index (χ2v) is 4.27. The van der Waals surface area contributed by atoms with Gasteiger partial charge >= 0.3 is 0 Å². The molecule has 0 bridgehead atoms. The largest absolute Gasteiger partial charge is 0.327 e. The number of rotatable bonds is 7. The SMILES string of the molecule is CCN(CC)CCC(N)Cc1ccccc1. The quantitative estimate of drug-likeness (QED) is 0.764. The van der Waals surface area contributed by atoms with Crippen LogP contribution in [0.1, 0.15) is 25.8 Å². The van der Waals surface area contributed by atoms with Crippen LogP contribution in [0.15, 0.2) is 30.3 Å². The van der Waals surface area contributed by atoms with Crippen LogP contribution in [-0.4, -0.2) is 30.6 Å². The molecule has 90 valence electrons. The Morgan fingerprint density at radius 3 is 2.31 bits per heavy atom. The van der Waals surface area contributed by atoms with Crippen LogP contribution in [0.5, 0.6) is 0 Å². The van der Waals surface area contributed by atoms with Crippen molar-refractivity contribution < 1.29 is 0 Å². The predicted octanol–water partition coefficient (Wildman–Crippen LogP) is 2.29. The van der Waals surface area contributed by atoms with E-state index in [4.69, 9.17) is 5.73 Å². The molecule has 1 unspecified atom stereocenters. The van der Waals surface area contributed by atoms with Gasteiger partial charge in [-0.3, -0.25) is 0 Å². The van der Waals surface area contributed by atoms with Crippen molar-refractivity contribution in [2.75, 3.05) is 19.6 Å². The highest BCUT2D eigenvalue weighted by Crippen LogP contribution is 2.04. The lowest BCUT2D eigenvalue weighted by molar-refractivity contribution is 0.290. The van der Waals surface area contributed by atoms with Crippen molar-refractivity contribution in [3.05, 3.63) is 35.9 Å². The van der Waals surface area contributed by atoms with Crippen molar-refractivity contribution in [2.45, 2.75) is 32.7 Å². The third-order valence-corrected chi connectivity index (χ3v) is 3.05. The minimum absolute atomic E-state index is 0.281. The summed E-state index contributed by atoms with van der Waals surface area (Å²) in [7, 11) is 0. The molecule has 0 radical (unpaired) electrons. The van der Waals surface area contributed by atoms with Gasteiger partial charge in [0.05, 0.1) is 0 Å². The molecule has 0 aromatic heterocycles. The number of benzene rings is 1. The fraction of sp³-hybridized carbons (Fsp3) is 0.571. The summed E-state index contributed by atoms with van der Waals surface area (Å²) in [6, 6.07) is 10.8. The van der Waals surface area contributed by atoms with E-state index in [1.165, 1.54) is 5.56 Å². The highest BCUT2D eigenvalue weighted by Gasteiger charge is 2.06. The van der Waals surface area contributed by atoms with Crippen molar-refractivity contribution >= 4 is 0 Å². The molecule has 2 nitrogen and oxygen atoms in total. The van der Waals surface area contributed by atoms with Gasteiger partial charge in [0.25, 0.3) is 0 Å². The molecule has 0 spiro atoms. The molecule has 1 atom stereocenters. The molecule has 1 aromatic carbocycles. The normalized spacial score (nSPS) is 13.0. The number of hydrogen-bond acceptors (Lipinski definition) is 2. The first-order chi connectivity index (χ1) is 7.76. The highest BCUT2D eigenvalue weighted by molar-refractivity contribution is 5.15. The molecule has 0 heterocycles. The Kier molecular flexibility index (Phi) is 6.12. The first kappa shape index (κ1) is 13.2. The number of hydrogen-bond donors (Lipinski definition) is 1. The van der Waals surface area contributed by atoms with Gasteiger partial charge in [-0.1, -0.05) is 44.2 Å². The first-order valence-electron chi connectivity index (χ1n) is 6.28. The summed E-state index contributed by atoms with van der Waals surface area (Å²) >= 11 is 0. The topological polar surface area (TPSA) is 29.3 Å². The lowest BCUT2D eigenvalue weighted by Crippen LogP contribution is -2.31. The summed E-state index contributed by atoms with van der Waals surface area (Å²) in [5, 5.41) is 0. The van der Waals surface area contributed by atoms with Gasteiger partial charge in [0.1, 0.15) is 0 Å². The number of nitrogens with zero attached hydrogens (tertiary/aromatic N) is 1.